The molecular weight excluding hydrogens is 419 g/mol. The lowest BCUT2D eigenvalue weighted by Gasteiger charge is -2.17. The largest absolute Gasteiger partial charge is 0.484 e. The van der Waals surface area contributed by atoms with Crippen LogP contribution in [0.25, 0.3) is 0 Å². The first-order valence-electron chi connectivity index (χ1n) is 10.8. The molecule has 0 unspecified atom stereocenters. The van der Waals surface area contributed by atoms with Gasteiger partial charge >= 0.3 is 6.18 Å². The number of aryl methyl sites for hydroxylation is 1. The highest BCUT2D eigenvalue weighted by molar-refractivity contribution is 5.79. The second-order valence-corrected chi connectivity index (χ2v) is 7.78. The molecule has 0 bridgehead atoms. The van der Waals surface area contributed by atoms with Crippen molar-refractivity contribution in [1.29, 1.82) is 0 Å². The van der Waals surface area contributed by atoms with E-state index >= 15 is 0 Å². The summed E-state index contributed by atoms with van der Waals surface area (Å²) in [6, 6.07) is 9.22. The summed E-state index contributed by atoms with van der Waals surface area (Å²) in [4.78, 5) is 11.4. The van der Waals surface area contributed by atoms with Gasteiger partial charge in [-0.1, -0.05) is 12.1 Å². The molecule has 2 heterocycles. The molecule has 1 aliphatic rings. The molecule has 0 radical (unpaired) electrons. The molecule has 1 aromatic carbocycles. The average molecular weight is 450 g/mol. The number of nitrogens with one attached hydrogen (secondary N) is 2. The molecule has 1 fully saturated rings. The Morgan fingerprint density at radius 2 is 1.94 bits per heavy atom. The van der Waals surface area contributed by atoms with Gasteiger partial charge in [0.1, 0.15) is 11.6 Å². The Kier molecular flexibility index (Phi) is 8.19. The van der Waals surface area contributed by atoms with Crippen LogP contribution in [0.3, 0.4) is 0 Å². The normalized spacial score (nSPS) is 14.5. The third kappa shape index (κ3) is 7.32. The van der Waals surface area contributed by atoms with E-state index in [0.717, 1.165) is 30.0 Å². The predicted molar refractivity (Wildman–Crippen MR) is 120 cm³/mol. The van der Waals surface area contributed by atoms with Crippen LogP contribution in [0.1, 0.15) is 36.5 Å². The van der Waals surface area contributed by atoms with Crippen molar-refractivity contribution in [2.45, 2.75) is 46.0 Å². The molecule has 32 heavy (non-hydrogen) atoms. The minimum absolute atomic E-state index is 0.218. The molecule has 1 aromatic heterocycles. The highest BCUT2D eigenvalue weighted by Gasteiger charge is 2.28. The molecule has 0 aliphatic carbocycles. The number of rotatable bonds is 8. The van der Waals surface area contributed by atoms with Gasteiger partial charge in [-0.25, -0.2) is 9.98 Å². The minimum Gasteiger partial charge on any atom is -0.484 e. The quantitative estimate of drug-likeness (QED) is 0.468. The number of aromatic nitrogens is 1. The molecule has 1 aliphatic heterocycles. The van der Waals surface area contributed by atoms with Gasteiger partial charge in [-0.3, -0.25) is 0 Å². The van der Waals surface area contributed by atoms with Crippen molar-refractivity contribution in [3.05, 3.63) is 53.2 Å². The molecule has 2 aromatic rings. The number of hydrogen-bond donors (Lipinski definition) is 2. The lowest BCUT2D eigenvalue weighted by molar-refractivity contribution is -0.153. The number of aliphatic imine (C=N–C) groups is 1. The van der Waals surface area contributed by atoms with Gasteiger partial charge in [0.15, 0.2) is 12.6 Å². The maximum Gasteiger partial charge on any atom is 0.422 e. The van der Waals surface area contributed by atoms with E-state index in [1.54, 1.807) is 18.3 Å². The van der Waals surface area contributed by atoms with Crippen molar-refractivity contribution in [3.8, 4) is 5.75 Å². The van der Waals surface area contributed by atoms with Gasteiger partial charge in [0.25, 0.3) is 0 Å². The zero-order valence-electron chi connectivity index (χ0n) is 18.5. The van der Waals surface area contributed by atoms with Crippen LogP contribution < -0.4 is 20.3 Å². The van der Waals surface area contributed by atoms with Crippen LogP contribution in [0, 0.1) is 6.92 Å². The molecular formula is C23H30F3N5O. The maximum atomic E-state index is 12.6. The van der Waals surface area contributed by atoms with E-state index in [0.29, 0.717) is 24.6 Å². The van der Waals surface area contributed by atoms with Gasteiger partial charge in [-0.2, -0.15) is 13.2 Å². The topological polar surface area (TPSA) is 61.8 Å². The van der Waals surface area contributed by atoms with Crippen LogP contribution in [0.15, 0.2) is 41.5 Å². The third-order valence-corrected chi connectivity index (χ3v) is 5.06. The van der Waals surface area contributed by atoms with Crippen molar-refractivity contribution >= 4 is 11.8 Å². The smallest absolute Gasteiger partial charge is 0.422 e. The summed E-state index contributed by atoms with van der Waals surface area (Å²) in [7, 11) is 0. The van der Waals surface area contributed by atoms with Crippen molar-refractivity contribution in [1.82, 2.24) is 15.6 Å². The molecule has 0 spiro atoms. The predicted octanol–water partition coefficient (Wildman–Crippen LogP) is 4.19. The second kappa shape index (κ2) is 11.1. The molecule has 0 saturated carbocycles. The van der Waals surface area contributed by atoms with Crippen molar-refractivity contribution in [3.63, 3.8) is 0 Å². The van der Waals surface area contributed by atoms with E-state index in [4.69, 9.17) is 4.74 Å². The van der Waals surface area contributed by atoms with E-state index in [1.807, 2.05) is 26.0 Å². The number of guanidine groups is 1. The molecule has 1 saturated heterocycles. The summed E-state index contributed by atoms with van der Waals surface area (Å²) in [5.74, 6) is 1.77. The fourth-order valence-electron chi connectivity index (χ4n) is 3.47. The van der Waals surface area contributed by atoms with E-state index in [9.17, 15) is 13.2 Å². The van der Waals surface area contributed by atoms with Crippen molar-refractivity contribution in [2.24, 2.45) is 4.99 Å². The molecule has 0 atom stereocenters. The Balaban J connectivity index is 1.65. The van der Waals surface area contributed by atoms with Gasteiger partial charge < -0.3 is 20.3 Å². The Morgan fingerprint density at radius 1 is 1.16 bits per heavy atom. The third-order valence-electron chi connectivity index (χ3n) is 5.06. The number of alkyl halides is 3. The summed E-state index contributed by atoms with van der Waals surface area (Å²) in [6.45, 7) is 5.91. The van der Waals surface area contributed by atoms with Crippen LogP contribution in [-0.4, -0.2) is 43.4 Å². The second-order valence-electron chi connectivity index (χ2n) is 7.78. The summed E-state index contributed by atoms with van der Waals surface area (Å²) in [5.41, 5.74) is 2.51. The van der Waals surface area contributed by atoms with E-state index < -0.39 is 12.8 Å². The summed E-state index contributed by atoms with van der Waals surface area (Å²) < 4.78 is 42.8. The molecule has 6 nitrogen and oxygen atoms in total. The highest BCUT2D eigenvalue weighted by atomic mass is 19.4. The molecule has 9 heteroatoms. The summed E-state index contributed by atoms with van der Waals surface area (Å²) in [6.07, 6.45) is -0.211. The average Bonchev–Trinajstić information content (AvgIpc) is 3.30. The standard InChI is InChI=1S/C23H30F3N5O/c1-3-27-22(29-14-18-8-9-28-21(13-18)31-10-4-5-11-31)30-15-19-7-6-17(2)12-20(19)32-16-23(24,25)26/h6-9,12-13H,3-5,10-11,14-16H2,1-2H3,(H2,27,29,30). The number of halogens is 3. The van der Waals surface area contributed by atoms with E-state index in [1.165, 1.54) is 12.8 Å². The lowest BCUT2D eigenvalue weighted by Crippen LogP contribution is -2.37. The van der Waals surface area contributed by atoms with Crippen LogP contribution in [-0.2, 0) is 13.1 Å². The first kappa shape index (κ1) is 23.7. The van der Waals surface area contributed by atoms with Gasteiger partial charge in [0.05, 0.1) is 6.54 Å². The first-order valence-corrected chi connectivity index (χ1v) is 10.8. The van der Waals surface area contributed by atoms with Crippen LogP contribution in [0.4, 0.5) is 19.0 Å². The monoisotopic (exact) mass is 449 g/mol. The Labute approximate surface area is 186 Å². The number of anilines is 1. The molecule has 0 amide bonds. The van der Waals surface area contributed by atoms with Crippen molar-refractivity contribution in [2.75, 3.05) is 31.1 Å². The lowest BCUT2D eigenvalue weighted by atomic mass is 10.1. The maximum absolute atomic E-state index is 12.6. The molecule has 2 N–H and O–H groups in total. The Bertz CT molecular complexity index is 911. The zero-order valence-corrected chi connectivity index (χ0v) is 18.5. The van der Waals surface area contributed by atoms with Crippen LogP contribution in [0.2, 0.25) is 0 Å². The molecule has 3 rings (SSSR count). The Morgan fingerprint density at radius 3 is 2.66 bits per heavy atom. The van der Waals surface area contributed by atoms with Gasteiger partial charge in [0.2, 0.25) is 0 Å². The summed E-state index contributed by atoms with van der Waals surface area (Å²) >= 11 is 0. The van der Waals surface area contributed by atoms with Gasteiger partial charge in [-0.15, -0.1) is 0 Å². The first-order chi connectivity index (χ1) is 15.3. The zero-order chi connectivity index (χ0) is 23.0. The van der Waals surface area contributed by atoms with Crippen molar-refractivity contribution < 1.29 is 17.9 Å². The van der Waals surface area contributed by atoms with Crippen LogP contribution in [0.5, 0.6) is 5.75 Å². The van der Waals surface area contributed by atoms with Crippen LogP contribution >= 0.6 is 0 Å². The number of ether oxygens (including phenoxy) is 1. The van der Waals surface area contributed by atoms with Gasteiger partial charge in [0, 0.05) is 37.9 Å². The fraction of sp³-hybridized carbons (Fsp3) is 0.478. The number of benzene rings is 1. The van der Waals surface area contributed by atoms with Gasteiger partial charge in [-0.05, 0) is 56.0 Å². The molecule has 174 valence electrons. The highest BCUT2D eigenvalue weighted by Crippen LogP contribution is 2.24. The Hall–Kier alpha value is -2.97. The number of hydrogen-bond acceptors (Lipinski definition) is 4. The summed E-state index contributed by atoms with van der Waals surface area (Å²) in [5, 5.41) is 6.36. The fourth-order valence-corrected chi connectivity index (χ4v) is 3.47. The SMILES string of the molecule is CCNC(=NCc1ccnc(N2CCCC2)c1)NCc1ccc(C)cc1OCC(F)(F)F. The minimum atomic E-state index is -4.39. The number of pyridine rings is 1. The van der Waals surface area contributed by atoms with E-state index in [-0.39, 0.29) is 12.3 Å². The van der Waals surface area contributed by atoms with E-state index in [2.05, 4.69) is 31.6 Å². The number of nitrogens with zero attached hydrogens (tertiary/aromatic N) is 3.